The number of nitrogens with two attached hydrogens (primary N) is 1. The van der Waals surface area contributed by atoms with Gasteiger partial charge in [-0.1, -0.05) is 6.07 Å². The van der Waals surface area contributed by atoms with Crippen molar-refractivity contribution in [1.29, 1.82) is 0 Å². The molecule has 1 aromatic heterocycles. The van der Waals surface area contributed by atoms with Crippen LogP contribution in [0.15, 0.2) is 18.3 Å². The van der Waals surface area contributed by atoms with Crippen molar-refractivity contribution in [2.24, 2.45) is 0 Å². The molecule has 3 heteroatoms. The summed E-state index contributed by atoms with van der Waals surface area (Å²) in [6.45, 7) is 1.93. The Kier molecular flexibility index (Phi) is 1.77. The smallest absolute Gasteiger partial charge is 0.224 e. The first kappa shape index (κ1) is 6.19. The number of pyridine rings is 1. The number of hydrogen-bond acceptors (Lipinski definition) is 2. The van der Waals surface area contributed by atoms with Crippen LogP contribution in [0.5, 0.6) is 0 Å². The van der Waals surface area contributed by atoms with Gasteiger partial charge in [0.15, 0.2) is 0 Å². The van der Waals surface area contributed by atoms with Gasteiger partial charge in [0.1, 0.15) is 0 Å². The van der Waals surface area contributed by atoms with Crippen LogP contribution in [0.1, 0.15) is 5.56 Å². The normalized spacial score (nSPS) is 9.56. The molecule has 0 unspecified atom stereocenters. The zero-order chi connectivity index (χ0) is 6.69. The van der Waals surface area contributed by atoms with Crippen molar-refractivity contribution in [2.45, 2.75) is 6.92 Å². The monoisotopic (exact) mass is 124 g/mol. The zero-order valence-electron chi connectivity index (χ0n) is 5.16. The topological polar surface area (TPSA) is 52.6 Å². The van der Waals surface area contributed by atoms with E-state index >= 15 is 0 Å². The molecule has 0 atom stereocenters. The molecular weight excluding hydrogens is 116 g/mol. The molecule has 0 radical (unpaired) electrons. The van der Waals surface area contributed by atoms with Gasteiger partial charge in [0, 0.05) is 12.3 Å². The summed E-state index contributed by atoms with van der Waals surface area (Å²) < 4.78 is 0. The third-order valence-electron chi connectivity index (χ3n) is 1.05. The minimum absolute atomic E-state index is 0.487. The molecule has 0 spiro atoms. The SMILES string of the molecule is Cc1ccc([NH2+][O-])nc1. The average Bonchev–Trinajstić information content (AvgIpc) is 1.90. The molecule has 1 rings (SSSR count). The van der Waals surface area contributed by atoms with E-state index in [1.165, 1.54) is 0 Å². The van der Waals surface area contributed by atoms with E-state index in [1.54, 1.807) is 12.3 Å². The Morgan fingerprint density at radius 3 is 2.78 bits per heavy atom. The number of aromatic nitrogens is 1. The third-order valence-corrected chi connectivity index (χ3v) is 1.05. The van der Waals surface area contributed by atoms with Crippen molar-refractivity contribution in [1.82, 2.24) is 4.98 Å². The van der Waals surface area contributed by atoms with Gasteiger partial charge in [-0.05, 0) is 12.5 Å². The van der Waals surface area contributed by atoms with Gasteiger partial charge in [0.2, 0.25) is 5.82 Å². The molecule has 0 aliphatic carbocycles. The largest absolute Gasteiger partial charge is 0.629 e. The second kappa shape index (κ2) is 2.57. The third kappa shape index (κ3) is 1.48. The summed E-state index contributed by atoms with van der Waals surface area (Å²) in [5.41, 5.74) is 1.81. The van der Waals surface area contributed by atoms with Gasteiger partial charge < -0.3 is 10.7 Å². The molecule has 0 aliphatic rings. The van der Waals surface area contributed by atoms with E-state index in [1.807, 2.05) is 13.0 Å². The number of aryl methyl sites for hydroxylation is 1. The van der Waals surface area contributed by atoms with Crippen LogP contribution in [0.4, 0.5) is 5.82 Å². The number of nitrogens with zero attached hydrogens (tertiary/aromatic N) is 1. The molecule has 9 heavy (non-hydrogen) atoms. The van der Waals surface area contributed by atoms with Crippen molar-refractivity contribution < 1.29 is 5.48 Å². The zero-order valence-corrected chi connectivity index (χ0v) is 5.16. The molecule has 0 bridgehead atoms. The first-order valence-corrected chi connectivity index (χ1v) is 2.71. The van der Waals surface area contributed by atoms with Crippen molar-refractivity contribution in [2.75, 3.05) is 0 Å². The lowest BCUT2D eigenvalue weighted by atomic mass is 10.3. The second-order valence-corrected chi connectivity index (χ2v) is 1.88. The van der Waals surface area contributed by atoms with Crippen LogP contribution in [-0.4, -0.2) is 4.98 Å². The van der Waals surface area contributed by atoms with E-state index < -0.39 is 0 Å². The van der Waals surface area contributed by atoms with Crippen molar-refractivity contribution in [3.8, 4) is 0 Å². The van der Waals surface area contributed by atoms with Crippen molar-refractivity contribution in [3.63, 3.8) is 0 Å². The maximum Gasteiger partial charge on any atom is 0.224 e. The molecule has 0 aromatic carbocycles. The summed E-state index contributed by atoms with van der Waals surface area (Å²) in [5, 5.41) is 10.1. The van der Waals surface area contributed by atoms with Gasteiger partial charge in [-0.2, -0.15) is 0 Å². The predicted molar refractivity (Wildman–Crippen MR) is 33.9 cm³/mol. The van der Waals surface area contributed by atoms with Gasteiger partial charge in [0.05, 0.1) is 0 Å². The van der Waals surface area contributed by atoms with Crippen LogP contribution in [-0.2, 0) is 0 Å². The highest BCUT2D eigenvalue weighted by Gasteiger charge is 1.87. The Morgan fingerprint density at radius 1 is 1.56 bits per heavy atom. The Bertz CT molecular complexity index is 183. The summed E-state index contributed by atoms with van der Waals surface area (Å²) >= 11 is 0. The van der Waals surface area contributed by atoms with Gasteiger partial charge in [-0.25, -0.2) is 4.98 Å². The first-order valence-electron chi connectivity index (χ1n) is 2.71. The minimum Gasteiger partial charge on any atom is -0.629 e. The maximum absolute atomic E-state index is 10.1. The van der Waals surface area contributed by atoms with E-state index in [9.17, 15) is 5.21 Å². The molecule has 3 nitrogen and oxygen atoms in total. The fraction of sp³-hybridized carbons (Fsp3) is 0.167. The fourth-order valence-electron chi connectivity index (χ4n) is 0.549. The van der Waals surface area contributed by atoms with Gasteiger partial charge in [-0.3, -0.25) is 0 Å². The quantitative estimate of drug-likeness (QED) is 0.539. The van der Waals surface area contributed by atoms with Crippen LogP contribution in [0.25, 0.3) is 0 Å². The van der Waals surface area contributed by atoms with Crippen LogP contribution in [0.3, 0.4) is 0 Å². The van der Waals surface area contributed by atoms with E-state index in [0.29, 0.717) is 5.82 Å². The van der Waals surface area contributed by atoms with Gasteiger partial charge >= 0.3 is 0 Å². The van der Waals surface area contributed by atoms with Crippen molar-refractivity contribution >= 4 is 5.82 Å². The molecule has 0 saturated carbocycles. The Morgan fingerprint density at radius 2 is 2.33 bits per heavy atom. The summed E-state index contributed by atoms with van der Waals surface area (Å²) in [6, 6.07) is 3.55. The highest BCUT2D eigenvalue weighted by atomic mass is 16.5. The number of rotatable bonds is 1. The highest BCUT2D eigenvalue weighted by Crippen LogP contribution is 1.96. The predicted octanol–water partition coefficient (Wildman–Crippen LogP) is 0.0827. The molecule has 2 N–H and O–H groups in total. The lowest BCUT2D eigenvalue weighted by molar-refractivity contribution is -0.501. The molecular formula is C6H8N2O. The number of hydrogen-bond donors (Lipinski definition) is 1. The fourth-order valence-corrected chi connectivity index (χ4v) is 0.549. The molecule has 0 fully saturated rings. The molecule has 0 aliphatic heterocycles. The van der Waals surface area contributed by atoms with E-state index in [-0.39, 0.29) is 0 Å². The molecule has 48 valence electrons. The molecule has 1 aromatic rings. The molecule has 1 heterocycles. The standard InChI is InChI=1S/C6H8N2O/c1-5-2-3-6(8-9)7-4-5/h2-4H,8H2,1H3. The highest BCUT2D eigenvalue weighted by molar-refractivity contribution is 5.20. The molecule has 0 saturated heterocycles. The molecule has 0 amide bonds. The summed E-state index contributed by atoms with van der Waals surface area (Å²) in [4.78, 5) is 3.83. The van der Waals surface area contributed by atoms with Gasteiger partial charge in [0.25, 0.3) is 0 Å². The average molecular weight is 124 g/mol. The van der Waals surface area contributed by atoms with E-state index in [4.69, 9.17) is 0 Å². The Balaban J connectivity index is 2.88. The van der Waals surface area contributed by atoms with Gasteiger partial charge in [-0.15, -0.1) is 0 Å². The minimum atomic E-state index is 0.487. The van der Waals surface area contributed by atoms with Crippen LogP contribution < -0.4 is 5.48 Å². The second-order valence-electron chi connectivity index (χ2n) is 1.88. The Labute approximate surface area is 53.3 Å². The van der Waals surface area contributed by atoms with Crippen molar-refractivity contribution in [3.05, 3.63) is 29.1 Å². The van der Waals surface area contributed by atoms with E-state index in [0.717, 1.165) is 11.0 Å². The van der Waals surface area contributed by atoms with Crippen LogP contribution in [0, 0.1) is 12.1 Å². The lowest BCUT2D eigenvalue weighted by Crippen LogP contribution is -2.70. The summed E-state index contributed by atoms with van der Waals surface area (Å²) in [5.74, 6) is 0.487. The summed E-state index contributed by atoms with van der Waals surface area (Å²) in [7, 11) is 0. The lowest BCUT2D eigenvalue weighted by Gasteiger charge is -1.97. The maximum atomic E-state index is 10.1. The summed E-state index contributed by atoms with van der Waals surface area (Å²) in [6.07, 6.45) is 1.67. The number of quaternary nitrogens is 1. The van der Waals surface area contributed by atoms with Crippen LogP contribution >= 0.6 is 0 Å². The van der Waals surface area contributed by atoms with Crippen LogP contribution in [0.2, 0.25) is 0 Å². The van der Waals surface area contributed by atoms with E-state index in [2.05, 4.69) is 4.98 Å². The first-order chi connectivity index (χ1) is 4.33. The Hall–Kier alpha value is -0.930.